The zero-order valence-electron chi connectivity index (χ0n) is 19.4. The van der Waals surface area contributed by atoms with Crippen molar-refractivity contribution in [1.29, 1.82) is 0 Å². The average Bonchev–Trinajstić information content (AvgIpc) is 3.50. The van der Waals surface area contributed by atoms with E-state index in [9.17, 15) is 19.1 Å². The summed E-state index contributed by atoms with van der Waals surface area (Å²) < 4.78 is 19.0. The fourth-order valence-electron chi connectivity index (χ4n) is 3.88. The molecule has 5 rings (SSSR count). The predicted molar refractivity (Wildman–Crippen MR) is 138 cm³/mol. The SMILES string of the molecule is COc1ccc(C2C(=C(O)c3ccncc3)C(=O)C(=O)N2c2nnc(SCc3ccc(F)cc3)s2)cc1. The fourth-order valence-corrected chi connectivity index (χ4v) is 5.70. The lowest BCUT2D eigenvalue weighted by Crippen LogP contribution is -2.29. The molecular weight excluding hydrogens is 515 g/mol. The molecule has 1 atom stereocenters. The molecule has 11 heteroatoms. The summed E-state index contributed by atoms with van der Waals surface area (Å²) in [5.41, 5.74) is 1.79. The summed E-state index contributed by atoms with van der Waals surface area (Å²) >= 11 is 2.54. The topological polar surface area (TPSA) is 106 Å². The molecule has 186 valence electrons. The van der Waals surface area contributed by atoms with Crippen molar-refractivity contribution < 1.29 is 23.8 Å². The molecule has 1 aliphatic rings. The van der Waals surface area contributed by atoms with Crippen molar-refractivity contribution in [1.82, 2.24) is 15.2 Å². The minimum Gasteiger partial charge on any atom is -0.507 e. The predicted octanol–water partition coefficient (Wildman–Crippen LogP) is 5.00. The van der Waals surface area contributed by atoms with Crippen molar-refractivity contribution in [3.63, 3.8) is 0 Å². The summed E-state index contributed by atoms with van der Waals surface area (Å²) in [6, 6.07) is 15.2. The molecule has 0 radical (unpaired) electrons. The van der Waals surface area contributed by atoms with E-state index in [0.29, 0.717) is 27.0 Å². The second-order valence-corrected chi connectivity index (χ2v) is 10.1. The lowest BCUT2D eigenvalue weighted by molar-refractivity contribution is -0.132. The normalized spacial score (nSPS) is 16.8. The number of Topliss-reactive ketones (excluding diaryl/α,β-unsaturated/α-hetero) is 1. The molecule has 0 saturated carbocycles. The number of nitrogens with zero attached hydrogens (tertiary/aromatic N) is 4. The number of aliphatic hydroxyl groups is 1. The van der Waals surface area contributed by atoms with Crippen molar-refractivity contribution in [2.75, 3.05) is 12.0 Å². The number of hydrogen-bond acceptors (Lipinski definition) is 9. The first kappa shape index (κ1) is 24.6. The van der Waals surface area contributed by atoms with Crippen LogP contribution in [0.4, 0.5) is 9.52 Å². The highest BCUT2D eigenvalue weighted by atomic mass is 32.2. The van der Waals surface area contributed by atoms with Crippen molar-refractivity contribution in [3.8, 4) is 5.75 Å². The molecule has 1 unspecified atom stereocenters. The number of benzene rings is 2. The first-order valence-electron chi connectivity index (χ1n) is 11.0. The third kappa shape index (κ3) is 4.95. The van der Waals surface area contributed by atoms with Gasteiger partial charge in [0.2, 0.25) is 5.13 Å². The number of anilines is 1. The molecule has 0 bridgehead atoms. The Labute approximate surface area is 219 Å². The Morgan fingerprint density at radius 1 is 1.05 bits per heavy atom. The van der Waals surface area contributed by atoms with Crippen LogP contribution in [0.15, 0.2) is 83.0 Å². The molecule has 3 heterocycles. The van der Waals surface area contributed by atoms with Crippen LogP contribution < -0.4 is 9.64 Å². The Kier molecular flexibility index (Phi) is 6.97. The fraction of sp³-hybridized carbons (Fsp3) is 0.115. The quantitative estimate of drug-likeness (QED) is 0.116. The highest BCUT2D eigenvalue weighted by molar-refractivity contribution is 8.00. The van der Waals surface area contributed by atoms with Gasteiger partial charge >= 0.3 is 5.91 Å². The number of carbonyl (C=O) groups excluding carboxylic acids is 2. The monoisotopic (exact) mass is 534 g/mol. The van der Waals surface area contributed by atoms with Crippen LogP contribution in [0.3, 0.4) is 0 Å². The van der Waals surface area contributed by atoms with Gasteiger partial charge in [0.1, 0.15) is 17.3 Å². The molecule has 1 fully saturated rings. The van der Waals surface area contributed by atoms with E-state index in [1.54, 1.807) is 48.5 Å². The molecule has 4 aromatic rings. The van der Waals surface area contributed by atoms with E-state index in [2.05, 4.69) is 15.2 Å². The van der Waals surface area contributed by atoms with Gasteiger partial charge in [0.15, 0.2) is 4.34 Å². The van der Waals surface area contributed by atoms with E-state index >= 15 is 0 Å². The van der Waals surface area contributed by atoms with E-state index in [1.807, 2.05) is 0 Å². The number of thioether (sulfide) groups is 1. The molecule has 2 aromatic heterocycles. The highest BCUT2D eigenvalue weighted by Crippen LogP contribution is 2.44. The molecular formula is C26H19FN4O4S2. The minimum absolute atomic E-state index is 0.0583. The highest BCUT2D eigenvalue weighted by Gasteiger charge is 2.48. The van der Waals surface area contributed by atoms with Crippen LogP contribution in [0.5, 0.6) is 5.75 Å². The maximum atomic E-state index is 13.3. The Hall–Kier alpha value is -4.09. The largest absolute Gasteiger partial charge is 0.507 e. The summed E-state index contributed by atoms with van der Waals surface area (Å²) in [7, 11) is 1.54. The average molecular weight is 535 g/mol. The molecule has 37 heavy (non-hydrogen) atoms. The van der Waals surface area contributed by atoms with Crippen LogP contribution in [0.25, 0.3) is 5.76 Å². The standard InChI is InChI=1S/C26H19FN4O4S2/c1-35-19-8-4-16(5-9-19)21-20(22(32)17-10-12-28-13-11-17)23(33)24(34)31(21)25-29-30-26(37-25)36-14-15-2-6-18(27)7-3-15/h2-13,21,32H,14H2,1H3. The lowest BCUT2D eigenvalue weighted by Gasteiger charge is -2.22. The van der Waals surface area contributed by atoms with E-state index in [4.69, 9.17) is 4.74 Å². The molecule has 1 amide bonds. The number of hydrogen-bond donors (Lipinski definition) is 1. The van der Waals surface area contributed by atoms with Crippen molar-refractivity contribution in [2.45, 2.75) is 16.1 Å². The van der Waals surface area contributed by atoms with Crippen LogP contribution >= 0.6 is 23.1 Å². The molecule has 0 spiro atoms. The maximum absolute atomic E-state index is 13.3. The minimum atomic E-state index is -0.929. The summed E-state index contributed by atoms with van der Waals surface area (Å²) in [5, 5.41) is 19.7. The van der Waals surface area contributed by atoms with E-state index in [0.717, 1.165) is 16.9 Å². The number of ketones is 1. The number of halogens is 1. The number of amides is 1. The molecule has 1 saturated heterocycles. The smallest absolute Gasteiger partial charge is 0.301 e. The zero-order chi connectivity index (χ0) is 25.9. The van der Waals surface area contributed by atoms with Crippen LogP contribution in [0.2, 0.25) is 0 Å². The van der Waals surface area contributed by atoms with Gasteiger partial charge in [0, 0.05) is 23.7 Å². The van der Waals surface area contributed by atoms with Crippen LogP contribution in [-0.2, 0) is 15.3 Å². The van der Waals surface area contributed by atoms with Crippen molar-refractivity contribution in [3.05, 3.63) is 101 Å². The van der Waals surface area contributed by atoms with Crippen molar-refractivity contribution in [2.24, 2.45) is 0 Å². The van der Waals surface area contributed by atoms with E-state index in [1.165, 1.54) is 48.3 Å². The van der Waals surface area contributed by atoms with Gasteiger partial charge in [-0.25, -0.2) is 4.39 Å². The van der Waals surface area contributed by atoms with Gasteiger partial charge in [0.05, 0.1) is 18.7 Å². The van der Waals surface area contributed by atoms with Crippen LogP contribution in [0.1, 0.15) is 22.7 Å². The number of aliphatic hydroxyl groups excluding tert-OH is 1. The lowest BCUT2D eigenvalue weighted by atomic mass is 9.95. The van der Waals surface area contributed by atoms with Crippen LogP contribution in [-0.4, -0.2) is 39.1 Å². The number of aromatic nitrogens is 3. The first-order chi connectivity index (χ1) is 18.0. The van der Waals surface area contributed by atoms with E-state index < -0.39 is 17.7 Å². The number of methoxy groups -OCH3 is 1. The van der Waals surface area contributed by atoms with Gasteiger partial charge in [0.25, 0.3) is 5.78 Å². The van der Waals surface area contributed by atoms with Gasteiger partial charge in [-0.3, -0.25) is 19.5 Å². The van der Waals surface area contributed by atoms with Gasteiger partial charge in [-0.05, 0) is 47.5 Å². The Morgan fingerprint density at radius 3 is 2.43 bits per heavy atom. The summed E-state index contributed by atoms with van der Waals surface area (Å²) in [5.74, 6) is -1.14. The molecule has 1 N–H and O–H groups in total. The van der Waals surface area contributed by atoms with E-state index in [-0.39, 0.29) is 22.3 Å². The third-order valence-electron chi connectivity index (χ3n) is 5.71. The number of pyridine rings is 1. The number of ether oxygens (including phenoxy) is 1. The summed E-state index contributed by atoms with van der Waals surface area (Å²) in [6.07, 6.45) is 2.98. The summed E-state index contributed by atoms with van der Waals surface area (Å²) in [4.78, 5) is 31.7. The van der Waals surface area contributed by atoms with Gasteiger partial charge in [-0.2, -0.15) is 0 Å². The van der Waals surface area contributed by atoms with Gasteiger partial charge in [-0.15, -0.1) is 10.2 Å². The Balaban J connectivity index is 1.52. The van der Waals surface area contributed by atoms with Gasteiger partial charge in [-0.1, -0.05) is 47.4 Å². The molecule has 8 nitrogen and oxygen atoms in total. The number of carbonyl (C=O) groups is 2. The second-order valence-electron chi connectivity index (χ2n) is 7.94. The Morgan fingerprint density at radius 2 is 1.76 bits per heavy atom. The molecule has 2 aromatic carbocycles. The third-order valence-corrected chi connectivity index (χ3v) is 7.83. The van der Waals surface area contributed by atoms with Crippen molar-refractivity contribution >= 4 is 45.7 Å². The molecule has 1 aliphatic heterocycles. The van der Waals surface area contributed by atoms with Gasteiger partial charge < -0.3 is 9.84 Å². The second kappa shape index (κ2) is 10.5. The molecule has 0 aliphatic carbocycles. The maximum Gasteiger partial charge on any atom is 0.301 e. The summed E-state index contributed by atoms with van der Waals surface area (Å²) in [6.45, 7) is 0. The zero-order valence-corrected chi connectivity index (χ0v) is 21.0. The Bertz CT molecular complexity index is 1470. The van der Waals surface area contributed by atoms with Crippen LogP contribution in [0, 0.1) is 5.82 Å². The first-order valence-corrected chi connectivity index (χ1v) is 12.8. The number of rotatable bonds is 7.